The number of Topliss-reactive ketones (excluding diaryl/α,β-unsaturated/α-hetero) is 1. The molecule has 0 aliphatic heterocycles. The van der Waals surface area contributed by atoms with E-state index in [1.807, 2.05) is 0 Å². The zero-order valence-electron chi connectivity index (χ0n) is 5.94. The van der Waals surface area contributed by atoms with Crippen molar-refractivity contribution in [2.45, 2.75) is 39.0 Å². The molecular formula is C8H13O. The van der Waals surface area contributed by atoms with Gasteiger partial charge in [-0.1, -0.05) is 19.3 Å². The van der Waals surface area contributed by atoms with Gasteiger partial charge in [0.25, 0.3) is 0 Å². The maximum absolute atomic E-state index is 10.8. The highest BCUT2D eigenvalue weighted by atomic mass is 16.1. The number of carbonyl (C=O) groups is 1. The number of rotatable bonds is 1. The van der Waals surface area contributed by atoms with Crippen LogP contribution in [0.25, 0.3) is 0 Å². The van der Waals surface area contributed by atoms with E-state index in [1.54, 1.807) is 6.92 Å². The summed E-state index contributed by atoms with van der Waals surface area (Å²) in [6.07, 6.45) is 5.91. The largest absolute Gasteiger partial charge is 0.299 e. The van der Waals surface area contributed by atoms with Crippen molar-refractivity contribution in [2.24, 2.45) is 0 Å². The zero-order valence-corrected chi connectivity index (χ0v) is 5.94. The summed E-state index contributed by atoms with van der Waals surface area (Å²) in [5, 5.41) is 0. The molecular weight excluding hydrogens is 112 g/mol. The minimum absolute atomic E-state index is 0.315. The Hall–Kier alpha value is -0.330. The molecule has 0 bridgehead atoms. The first-order valence-corrected chi connectivity index (χ1v) is 3.66. The van der Waals surface area contributed by atoms with Gasteiger partial charge in [-0.15, -0.1) is 0 Å². The lowest BCUT2D eigenvalue weighted by Crippen LogP contribution is -2.11. The van der Waals surface area contributed by atoms with Gasteiger partial charge >= 0.3 is 0 Å². The van der Waals surface area contributed by atoms with Gasteiger partial charge in [-0.3, -0.25) is 4.79 Å². The second kappa shape index (κ2) is 3.00. The van der Waals surface area contributed by atoms with Crippen LogP contribution < -0.4 is 0 Å². The van der Waals surface area contributed by atoms with Gasteiger partial charge in [-0.25, -0.2) is 0 Å². The molecule has 1 radical (unpaired) electrons. The Morgan fingerprint density at radius 1 is 1.22 bits per heavy atom. The van der Waals surface area contributed by atoms with Crippen molar-refractivity contribution in [1.29, 1.82) is 0 Å². The Morgan fingerprint density at radius 2 is 1.78 bits per heavy atom. The van der Waals surface area contributed by atoms with Gasteiger partial charge in [-0.05, 0) is 19.8 Å². The highest BCUT2D eigenvalue weighted by Gasteiger charge is 2.17. The van der Waals surface area contributed by atoms with Crippen LogP contribution in [-0.2, 0) is 4.79 Å². The molecule has 9 heavy (non-hydrogen) atoms. The minimum atomic E-state index is 0.315. The van der Waals surface area contributed by atoms with E-state index in [1.165, 1.54) is 25.2 Å². The average Bonchev–Trinajstić information content (AvgIpc) is 1.90. The zero-order chi connectivity index (χ0) is 6.69. The molecule has 0 aromatic heterocycles. The highest BCUT2D eigenvalue weighted by molar-refractivity contribution is 5.89. The summed E-state index contributed by atoms with van der Waals surface area (Å²) in [7, 11) is 0. The van der Waals surface area contributed by atoms with E-state index in [-0.39, 0.29) is 0 Å². The van der Waals surface area contributed by atoms with Crippen LogP contribution in [-0.4, -0.2) is 5.78 Å². The normalized spacial score (nSPS) is 21.9. The van der Waals surface area contributed by atoms with Crippen LogP contribution in [0.5, 0.6) is 0 Å². The third-order valence-electron chi connectivity index (χ3n) is 1.95. The lowest BCUT2D eigenvalue weighted by Gasteiger charge is -2.17. The molecule has 1 fully saturated rings. The molecule has 0 aromatic rings. The third kappa shape index (κ3) is 1.81. The van der Waals surface area contributed by atoms with E-state index >= 15 is 0 Å². The van der Waals surface area contributed by atoms with Crippen LogP contribution in [0.4, 0.5) is 0 Å². The third-order valence-corrected chi connectivity index (χ3v) is 1.95. The van der Waals surface area contributed by atoms with Crippen molar-refractivity contribution in [3.05, 3.63) is 5.92 Å². The molecule has 0 N–H and O–H groups in total. The predicted molar refractivity (Wildman–Crippen MR) is 37.0 cm³/mol. The molecule has 0 amide bonds. The molecule has 1 heteroatoms. The highest BCUT2D eigenvalue weighted by Crippen LogP contribution is 2.25. The fourth-order valence-corrected chi connectivity index (χ4v) is 1.33. The second-order valence-corrected chi connectivity index (χ2v) is 2.72. The van der Waals surface area contributed by atoms with Crippen LogP contribution in [0.15, 0.2) is 0 Å². The number of carbonyl (C=O) groups excluding carboxylic acids is 1. The standard InChI is InChI=1S/C8H13O/c1-7(9)8-5-3-2-4-6-8/h2-6H2,1H3. The maximum Gasteiger partial charge on any atom is 0.136 e. The van der Waals surface area contributed by atoms with Crippen LogP contribution in [0.3, 0.4) is 0 Å². The molecule has 0 spiro atoms. The fourth-order valence-electron chi connectivity index (χ4n) is 1.33. The van der Waals surface area contributed by atoms with Gasteiger partial charge < -0.3 is 0 Å². The fraction of sp³-hybridized carbons (Fsp3) is 0.750. The minimum Gasteiger partial charge on any atom is -0.299 e. The summed E-state index contributed by atoms with van der Waals surface area (Å²) in [5.74, 6) is 1.48. The Morgan fingerprint density at radius 3 is 2.11 bits per heavy atom. The molecule has 1 rings (SSSR count). The quantitative estimate of drug-likeness (QED) is 0.524. The SMILES string of the molecule is CC(=O)[C]1CCCCC1. The Balaban J connectivity index is 2.31. The molecule has 0 unspecified atom stereocenters. The maximum atomic E-state index is 10.8. The summed E-state index contributed by atoms with van der Waals surface area (Å²) in [6.45, 7) is 1.68. The van der Waals surface area contributed by atoms with E-state index in [0.717, 1.165) is 12.8 Å². The predicted octanol–water partition coefficient (Wildman–Crippen LogP) is 2.11. The van der Waals surface area contributed by atoms with Crippen LogP contribution in [0, 0.1) is 5.92 Å². The van der Waals surface area contributed by atoms with Gasteiger partial charge in [0.15, 0.2) is 0 Å². The molecule has 0 aromatic carbocycles. The smallest absolute Gasteiger partial charge is 0.136 e. The lowest BCUT2D eigenvalue weighted by atomic mass is 9.87. The van der Waals surface area contributed by atoms with E-state index in [2.05, 4.69) is 0 Å². The molecule has 0 atom stereocenters. The van der Waals surface area contributed by atoms with Gasteiger partial charge in [0, 0.05) is 5.92 Å². The summed E-state index contributed by atoms with van der Waals surface area (Å²) < 4.78 is 0. The number of hydrogen-bond donors (Lipinski definition) is 0. The van der Waals surface area contributed by atoms with Crippen LogP contribution >= 0.6 is 0 Å². The van der Waals surface area contributed by atoms with Crippen molar-refractivity contribution in [3.8, 4) is 0 Å². The summed E-state index contributed by atoms with van der Waals surface area (Å²) >= 11 is 0. The van der Waals surface area contributed by atoms with E-state index in [4.69, 9.17) is 0 Å². The molecule has 1 nitrogen and oxygen atoms in total. The Kier molecular flexibility index (Phi) is 2.26. The Labute approximate surface area is 56.4 Å². The van der Waals surface area contributed by atoms with Gasteiger partial charge in [0.1, 0.15) is 5.78 Å². The van der Waals surface area contributed by atoms with E-state index in [0.29, 0.717) is 5.78 Å². The second-order valence-electron chi connectivity index (χ2n) is 2.72. The molecule has 51 valence electrons. The lowest BCUT2D eigenvalue weighted by molar-refractivity contribution is -0.115. The summed E-state index contributed by atoms with van der Waals surface area (Å²) in [4.78, 5) is 10.8. The van der Waals surface area contributed by atoms with Crippen molar-refractivity contribution in [3.63, 3.8) is 0 Å². The van der Waals surface area contributed by atoms with E-state index in [9.17, 15) is 4.79 Å². The monoisotopic (exact) mass is 125 g/mol. The molecule has 1 saturated carbocycles. The van der Waals surface area contributed by atoms with Gasteiger partial charge in [0.2, 0.25) is 0 Å². The van der Waals surface area contributed by atoms with Crippen LogP contribution in [0.2, 0.25) is 0 Å². The first-order valence-electron chi connectivity index (χ1n) is 3.66. The Bertz CT molecular complexity index is 101. The molecule has 1 aliphatic carbocycles. The van der Waals surface area contributed by atoms with Gasteiger partial charge in [0.05, 0.1) is 0 Å². The van der Waals surface area contributed by atoms with Crippen molar-refractivity contribution >= 4 is 5.78 Å². The first-order chi connectivity index (χ1) is 4.30. The summed E-state index contributed by atoms with van der Waals surface area (Å²) in [5.41, 5.74) is 0. The summed E-state index contributed by atoms with van der Waals surface area (Å²) in [6, 6.07) is 0. The van der Waals surface area contributed by atoms with Crippen LogP contribution in [0.1, 0.15) is 39.0 Å². The number of hydrogen-bond acceptors (Lipinski definition) is 1. The van der Waals surface area contributed by atoms with Crippen molar-refractivity contribution < 1.29 is 4.79 Å². The molecule has 1 aliphatic rings. The van der Waals surface area contributed by atoms with E-state index < -0.39 is 0 Å². The first kappa shape index (κ1) is 6.79. The van der Waals surface area contributed by atoms with Gasteiger partial charge in [-0.2, -0.15) is 0 Å². The number of ketones is 1. The topological polar surface area (TPSA) is 17.1 Å². The molecule has 0 saturated heterocycles. The molecule has 0 heterocycles. The van der Waals surface area contributed by atoms with Crippen molar-refractivity contribution in [2.75, 3.05) is 0 Å². The average molecular weight is 125 g/mol. The van der Waals surface area contributed by atoms with Crippen molar-refractivity contribution in [1.82, 2.24) is 0 Å².